The van der Waals surface area contributed by atoms with Crippen LogP contribution in [0.15, 0.2) is 41.3 Å². The van der Waals surface area contributed by atoms with Crippen molar-refractivity contribution in [3.05, 3.63) is 42.0 Å². The Balaban J connectivity index is 1.49. The van der Waals surface area contributed by atoms with Crippen LogP contribution in [0.2, 0.25) is 0 Å². The molecule has 0 unspecified atom stereocenters. The van der Waals surface area contributed by atoms with Crippen LogP contribution in [0.4, 0.5) is 0 Å². The van der Waals surface area contributed by atoms with Crippen LogP contribution in [0.1, 0.15) is 18.4 Å². The number of benzene rings is 2. The molecule has 3 rings (SSSR count). The molecule has 180 valence electrons. The molecule has 0 aromatic heterocycles. The molecule has 33 heavy (non-hydrogen) atoms. The third-order valence-electron chi connectivity index (χ3n) is 5.27. The van der Waals surface area contributed by atoms with Crippen molar-refractivity contribution < 1.29 is 32.2 Å². The largest absolute Gasteiger partial charge is 0.493 e. The molecule has 0 bridgehead atoms. The van der Waals surface area contributed by atoms with Crippen LogP contribution < -0.4 is 23.7 Å². The van der Waals surface area contributed by atoms with E-state index in [0.29, 0.717) is 49.2 Å². The predicted octanol–water partition coefficient (Wildman–Crippen LogP) is 2.23. The van der Waals surface area contributed by atoms with E-state index in [1.165, 1.54) is 12.1 Å². The Kier molecular flexibility index (Phi) is 8.40. The van der Waals surface area contributed by atoms with Gasteiger partial charge in [-0.3, -0.25) is 4.79 Å². The number of nitrogens with one attached hydrogen (secondary N) is 1. The van der Waals surface area contributed by atoms with Crippen molar-refractivity contribution >= 4 is 15.9 Å². The summed E-state index contributed by atoms with van der Waals surface area (Å²) in [6, 6.07) is 10.1. The smallest absolute Gasteiger partial charge is 0.240 e. The van der Waals surface area contributed by atoms with Crippen LogP contribution in [-0.4, -0.2) is 66.8 Å². The molecule has 0 aliphatic carbocycles. The van der Waals surface area contributed by atoms with Crippen molar-refractivity contribution in [3.8, 4) is 23.0 Å². The van der Waals surface area contributed by atoms with Gasteiger partial charge in [0.2, 0.25) is 15.9 Å². The number of methoxy groups -OCH3 is 2. The van der Waals surface area contributed by atoms with Gasteiger partial charge in [0.1, 0.15) is 0 Å². The maximum Gasteiger partial charge on any atom is 0.240 e. The van der Waals surface area contributed by atoms with E-state index in [1.54, 1.807) is 32.2 Å². The molecule has 10 heteroatoms. The summed E-state index contributed by atoms with van der Waals surface area (Å²) in [5.74, 6) is 2.05. The van der Waals surface area contributed by atoms with Crippen LogP contribution in [0, 0.1) is 0 Å². The number of hydrogen-bond donors (Lipinski definition) is 1. The molecule has 0 atom stereocenters. The fourth-order valence-electron chi connectivity index (χ4n) is 3.33. The molecule has 2 aromatic carbocycles. The van der Waals surface area contributed by atoms with Crippen molar-refractivity contribution in [2.24, 2.45) is 0 Å². The lowest BCUT2D eigenvalue weighted by Crippen LogP contribution is -2.33. The van der Waals surface area contributed by atoms with Crippen LogP contribution in [-0.2, 0) is 21.2 Å². The summed E-state index contributed by atoms with van der Waals surface area (Å²) in [5.41, 5.74) is 1.00. The predicted molar refractivity (Wildman–Crippen MR) is 123 cm³/mol. The number of amides is 1. The van der Waals surface area contributed by atoms with Crippen LogP contribution in [0.5, 0.6) is 23.0 Å². The van der Waals surface area contributed by atoms with Crippen molar-refractivity contribution in [1.29, 1.82) is 0 Å². The normalized spacial score (nSPS) is 13.2. The number of likely N-dealkylation sites (N-methyl/N-ethyl adjacent to an activating group) is 1. The molecule has 0 radical (unpaired) electrons. The quantitative estimate of drug-likeness (QED) is 0.559. The Labute approximate surface area is 194 Å². The number of rotatable bonds is 10. The van der Waals surface area contributed by atoms with Gasteiger partial charge in [-0.25, -0.2) is 13.1 Å². The summed E-state index contributed by atoms with van der Waals surface area (Å²) in [6.07, 6.45) is 1.41. The van der Waals surface area contributed by atoms with Gasteiger partial charge in [-0.2, -0.15) is 0 Å². The van der Waals surface area contributed by atoms with Gasteiger partial charge in [0.15, 0.2) is 23.0 Å². The van der Waals surface area contributed by atoms with Gasteiger partial charge in [-0.1, -0.05) is 6.07 Å². The van der Waals surface area contributed by atoms with Crippen molar-refractivity contribution in [2.45, 2.75) is 24.2 Å². The zero-order chi connectivity index (χ0) is 23.8. The third-order valence-corrected chi connectivity index (χ3v) is 6.73. The van der Waals surface area contributed by atoms with Crippen LogP contribution in [0.25, 0.3) is 0 Å². The minimum atomic E-state index is -3.78. The number of carbonyl (C=O) groups excluding carboxylic acids is 1. The summed E-state index contributed by atoms with van der Waals surface area (Å²) < 4.78 is 49.4. The molecule has 1 aliphatic rings. The number of carbonyl (C=O) groups is 1. The molecular formula is C23H30N2O7S. The van der Waals surface area contributed by atoms with Crippen molar-refractivity contribution in [1.82, 2.24) is 9.62 Å². The number of sulfonamides is 1. The highest BCUT2D eigenvalue weighted by Crippen LogP contribution is 2.32. The number of fused-ring (bicyclic) bond motifs is 1. The van der Waals surface area contributed by atoms with Crippen LogP contribution >= 0.6 is 0 Å². The minimum absolute atomic E-state index is 0.00366. The first-order chi connectivity index (χ1) is 15.8. The lowest BCUT2D eigenvalue weighted by molar-refractivity contribution is -0.129. The van der Waals surface area contributed by atoms with Gasteiger partial charge in [-0.15, -0.1) is 0 Å². The average Bonchev–Trinajstić information content (AvgIpc) is 3.07. The van der Waals surface area contributed by atoms with E-state index in [4.69, 9.17) is 18.9 Å². The first-order valence-corrected chi connectivity index (χ1v) is 12.2. The van der Waals surface area contributed by atoms with E-state index in [-0.39, 0.29) is 23.8 Å². The SMILES string of the molecule is COc1ccc(CCN(C)C(=O)CCNS(=O)(=O)c2ccc3c(c2)OCCCO3)cc1OC. The first-order valence-electron chi connectivity index (χ1n) is 10.7. The molecule has 0 saturated heterocycles. The molecule has 0 saturated carbocycles. The highest BCUT2D eigenvalue weighted by atomic mass is 32.2. The lowest BCUT2D eigenvalue weighted by atomic mass is 10.1. The van der Waals surface area contributed by atoms with Gasteiger partial charge in [0, 0.05) is 39.0 Å². The lowest BCUT2D eigenvalue weighted by Gasteiger charge is -2.18. The summed E-state index contributed by atoms with van der Waals surface area (Å²) in [7, 11) is 1.07. The van der Waals surface area contributed by atoms with Gasteiger partial charge in [0.05, 0.1) is 32.3 Å². The Morgan fingerprint density at radius 2 is 1.76 bits per heavy atom. The van der Waals surface area contributed by atoms with E-state index in [1.807, 2.05) is 18.2 Å². The summed E-state index contributed by atoms with van der Waals surface area (Å²) in [5, 5.41) is 0. The first kappa shape index (κ1) is 24.7. The van der Waals surface area contributed by atoms with Crippen molar-refractivity contribution in [3.63, 3.8) is 0 Å². The van der Waals surface area contributed by atoms with Gasteiger partial charge in [-0.05, 0) is 36.2 Å². The average molecular weight is 479 g/mol. The van der Waals surface area contributed by atoms with E-state index in [2.05, 4.69) is 4.72 Å². The Morgan fingerprint density at radius 1 is 1.03 bits per heavy atom. The van der Waals surface area contributed by atoms with E-state index in [0.717, 1.165) is 12.0 Å². The van der Waals surface area contributed by atoms with Gasteiger partial charge >= 0.3 is 0 Å². The molecule has 1 aliphatic heterocycles. The molecule has 2 aromatic rings. The standard InChI is InChI=1S/C23H30N2O7S/c1-25(12-10-17-5-7-19(29-2)21(15-17)30-3)23(26)9-11-24-33(27,28)18-6-8-20-22(16-18)32-14-4-13-31-20/h5-8,15-16,24H,4,9-14H2,1-3H3. The zero-order valence-electron chi connectivity index (χ0n) is 19.1. The van der Waals surface area contributed by atoms with Crippen LogP contribution in [0.3, 0.4) is 0 Å². The van der Waals surface area contributed by atoms with Gasteiger partial charge in [0.25, 0.3) is 0 Å². The minimum Gasteiger partial charge on any atom is -0.493 e. The van der Waals surface area contributed by atoms with E-state index >= 15 is 0 Å². The fraction of sp³-hybridized carbons (Fsp3) is 0.435. The third kappa shape index (κ3) is 6.52. The maximum absolute atomic E-state index is 12.6. The molecule has 0 spiro atoms. The van der Waals surface area contributed by atoms with E-state index in [9.17, 15) is 13.2 Å². The van der Waals surface area contributed by atoms with Crippen molar-refractivity contribution in [2.75, 3.05) is 47.6 Å². The Hall–Kier alpha value is -2.98. The second-order valence-corrected chi connectivity index (χ2v) is 9.33. The number of nitrogens with zero attached hydrogens (tertiary/aromatic N) is 1. The molecular weight excluding hydrogens is 448 g/mol. The Morgan fingerprint density at radius 3 is 2.48 bits per heavy atom. The van der Waals surface area contributed by atoms with Gasteiger partial charge < -0.3 is 23.8 Å². The maximum atomic E-state index is 12.6. The molecule has 9 nitrogen and oxygen atoms in total. The summed E-state index contributed by atoms with van der Waals surface area (Å²) in [4.78, 5) is 14.1. The second-order valence-electron chi connectivity index (χ2n) is 7.56. The number of hydrogen-bond acceptors (Lipinski definition) is 7. The summed E-state index contributed by atoms with van der Waals surface area (Å²) in [6.45, 7) is 1.48. The highest BCUT2D eigenvalue weighted by Gasteiger charge is 2.19. The second kappa shape index (κ2) is 11.2. The molecule has 1 N–H and O–H groups in total. The number of ether oxygens (including phenoxy) is 4. The highest BCUT2D eigenvalue weighted by molar-refractivity contribution is 7.89. The molecule has 1 amide bonds. The zero-order valence-corrected chi connectivity index (χ0v) is 19.9. The Bertz CT molecular complexity index is 1070. The van der Waals surface area contributed by atoms with E-state index < -0.39 is 10.0 Å². The molecule has 0 fully saturated rings. The fourth-order valence-corrected chi connectivity index (χ4v) is 4.38. The topological polar surface area (TPSA) is 103 Å². The monoisotopic (exact) mass is 478 g/mol. The summed E-state index contributed by atoms with van der Waals surface area (Å²) >= 11 is 0. The molecule has 1 heterocycles.